The normalized spacial score (nSPS) is 13.9. The predicted molar refractivity (Wildman–Crippen MR) is 155 cm³/mol. The van der Waals surface area contributed by atoms with Crippen LogP contribution in [-0.2, 0) is 4.79 Å². The zero-order valence-corrected chi connectivity index (χ0v) is 23.0. The number of carbonyl (C=O) groups is 2. The van der Waals surface area contributed by atoms with Gasteiger partial charge in [0.05, 0.1) is 32.4 Å². The van der Waals surface area contributed by atoms with Crippen LogP contribution in [-0.4, -0.2) is 43.1 Å². The van der Waals surface area contributed by atoms with E-state index >= 15 is 0 Å². The van der Waals surface area contributed by atoms with Gasteiger partial charge in [0.15, 0.2) is 11.5 Å². The summed E-state index contributed by atoms with van der Waals surface area (Å²) in [7, 11) is 4.52. The molecule has 0 bridgehead atoms. The molecular weight excluding hydrogens is 508 g/mol. The molecule has 1 heterocycles. The van der Waals surface area contributed by atoms with Gasteiger partial charge in [0.25, 0.3) is 5.91 Å². The van der Waals surface area contributed by atoms with Gasteiger partial charge < -0.3 is 29.8 Å². The number of nitrogens with one attached hydrogen (secondary N) is 3. The number of ether oxygens (including phenoxy) is 3. The summed E-state index contributed by atoms with van der Waals surface area (Å²) >= 11 is 0. The minimum absolute atomic E-state index is 0.0864. The molecule has 2 amide bonds. The molecule has 208 valence electrons. The fraction of sp³-hybridized carbons (Fsp3) is 0.323. The van der Waals surface area contributed by atoms with Gasteiger partial charge >= 0.3 is 0 Å². The number of rotatable bonds is 8. The second-order valence-corrected chi connectivity index (χ2v) is 9.94. The minimum atomic E-state index is -0.311. The summed E-state index contributed by atoms with van der Waals surface area (Å²) in [6.45, 7) is 0. The molecule has 40 heavy (non-hydrogen) atoms. The monoisotopic (exact) mass is 542 g/mol. The molecule has 1 fully saturated rings. The van der Waals surface area contributed by atoms with Crippen molar-refractivity contribution in [2.45, 2.75) is 38.5 Å². The zero-order valence-electron chi connectivity index (χ0n) is 23.0. The highest BCUT2D eigenvalue weighted by Crippen LogP contribution is 2.38. The average Bonchev–Trinajstić information content (AvgIpc) is 3.20. The Labute approximate surface area is 233 Å². The summed E-state index contributed by atoms with van der Waals surface area (Å²) in [5, 5.41) is 5.99. The lowest BCUT2D eigenvalue weighted by molar-refractivity contribution is -0.120. The van der Waals surface area contributed by atoms with Crippen LogP contribution in [0.15, 0.2) is 54.6 Å². The molecule has 3 aromatic carbocycles. The third-order valence-corrected chi connectivity index (χ3v) is 7.32. The van der Waals surface area contributed by atoms with E-state index in [-0.39, 0.29) is 17.7 Å². The fourth-order valence-electron chi connectivity index (χ4n) is 5.14. The molecule has 1 saturated carbocycles. The number of aromatic amines is 1. The minimum Gasteiger partial charge on any atom is -0.493 e. The maximum atomic E-state index is 12.9. The van der Waals surface area contributed by atoms with E-state index in [0.29, 0.717) is 34.3 Å². The molecule has 1 aliphatic carbocycles. The van der Waals surface area contributed by atoms with E-state index in [1.165, 1.54) is 34.2 Å². The van der Waals surface area contributed by atoms with Crippen LogP contribution in [0, 0.1) is 5.92 Å². The van der Waals surface area contributed by atoms with Crippen molar-refractivity contribution < 1.29 is 23.8 Å². The van der Waals surface area contributed by atoms with Gasteiger partial charge in [-0.1, -0.05) is 25.7 Å². The van der Waals surface area contributed by atoms with E-state index in [2.05, 4.69) is 15.6 Å². The number of fused-ring (bicyclic) bond motifs is 1. The first kappa shape index (κ1) is 27.1. The van der Waals surface area contributed by atoms with E-state index in [0.717, 1.165) is 48.0 Å². The summed E-state index contributed by atoms with van der Waals surface area (Å²) < 4.78 is 16.0. The van der Waals surface area contributed by atoms with Crippen molar-refractivity contribution in [2.75, 3.05) is 32.0 Å². The van der Waals surface area contributed by atoms with E-state index < -0.39 is 0 Å². The van der Waals surface area contributed by atoms with Crippen molar-refractivity contribution in [1.82, 2.24) is 9.97 Å². The Morgan fingerprint density at radius 2 is 1.45 bits per heavy atom. The summed E-state index contributed by atoms with van der Waals surface area (Å²) in [6, 6.07) is 16.3. The number of nitrogens with zero attached hydrogens (tertiary/aromatic N) is 1. The Kier molecular flexibility index (Phi) is 8.19. The Balaban J connectivity index is 1.28. The Morgan fingerprint density at radius 1 is 0.800 bits per heavy atom. The quantitative estimate of drug-likeness (QED) is 0.222. The smallest absolute Gasteiger partial charge is 0.255 e. The zero-order chi connectivity index (χ0) is 28.1. The van der Waals surface area contributed by atoms with Gasteiger partial charge in [-0.3, -0.25) is 9.59 Å². The van der Waals surface area contributed by atoms with Crippen molar-refractivity contribution >= 4 is 34.2 Å². The molecule has 0 unspecified atom stereocenters. The molecule has 9 nitrogen and oxygen atoms in total. The number of H-pyrrole nitrogens is 1. The molecule has 3 N–H and O–H groups in total. The summed E-state index contributed by atoms with van der Waals surface area (Å²) in [5.74, 6) is 1.80. The third kappa shape index (κ3) is 5.88. The number of aromatic nitrogens is 2. The van der Waals surface area contributed by atoms with Crippen molar-refractivity contribution in [3.63, 3.8) is 0 Å². The van der Waals surface area contributed by atoms with Crippen LogP contribution in [0.3, 0.4) is 0 Å². The standard InChI is InChI=1S/C31H34N4O5/c1-38-26-16-21(17-27(39-2)28(26)40-3)31(37)32-22-12-10-19(11-13-22)29-34-24-15-14-23(18-25(24)35-29)33-30(36)20-8-6-4-5-7-9-20/h10-18,20H,4-9H2,1-3H3,(H,32,37)(H,33,36)(H,34,35). The first-order valence-corrected chi connectivity index (χ1v) is 13.5. The van der Waals surface area contributed by atoms with Gasteiger partial charge in [-0.2, -0.15) is 0 Å². The Hall–Kier alpha value is -4.53. The second-order valence-electron chi connectivity index (χ2n) is 9.94. The van der Waals surface area contributed by atoms with Crippen molar-refractivity contribution in [3.8, 4) is 28.6 Å². The van der Waals surface area contributed by atoms with Crippen molar-refractivity contribution in [3.05, 3.63) is 60.2 Å². The maximum absolute atomic E-state index is 12.9. The molecule has 0 spiro atoms. The summed E-state index contributed by atoms with van der Waals surface area (Å²) in [4.78, 5) is 33.8. The largest absolute Gasteiger partial charge is 0.493 e. The fourth-order valence-corrected chi connectivity index (χ4v) is 5.14. The molecule has 4 aromatic rings. The summed E-state index contributed by atoms with van der Waals surface area (Å²) in [6.07, 6.45) is 6.59. The number of anilines is 2. The van der Waals surface area contributed by atoms with Crippen molar-refractivity contribution in [2.24, 2.45) is 5.92 Å². The number of hydrogen-bond acceptors (Lipinski definition) is 6. The number of methoxy groups -OCH3 is 3. The first-order valence-electron chi connectivity index (χ1n) is 13.5. The second kappa shape index (κ2) is 12.1. The highest BCUT2D eigenvalue weighted by Gasteiger charge is 2.21. The van der Waals surface area contributed by atoms with Crippen LogP contribution in [0.1, 0.15) is 48.9 Å². The van der Waals surface area contributed by atoms with E-state index in [9.17, 15) is 9.59 Å². The average molecular weight is 543 g/mol. The van der Waals surface area contributed by atoms with Crippen LogP contribution in [0.4, 0.5) is 11.4 Å². The predicted octanol–water partition coefficient (Wildman–Crippen LogP) is 6.42. The molecule has 1 aliphatic rings. The topological polar surface area (TPSA) is 115 Å². The van der Waals surface area contributed by atoms with Crippen LogP contribution >= 0.6 is 0 Å². The van der Waals surface area contributed by atoms with E-state index in [4.69, 9.17) is 19.2 Å². The van der Waals surface area contributed by atoms with Gasteiger partial charge in [-0.05, 0) is 67.4 Å². The highest BCUT2D eigenvalue weighted by molar-refractivity contribution is 6.05. The molecule has 0 radical (unpaired) electrons. The van der Waals surface area contributed by atoms with Crippen LogP contribution < -0.4 is 24.8 Å². The third-order valence-electron chi connectivity index (χ3n) is 7.32. The van der Waals surface area contributed by atoms with Gasteiger partial charge in [0.1, 0.15) is 5.82 Å². The van der Waals surface area contributed by atoms with Gasteiger partial charge in [-0.15, -0.1) is 0 Å². The number of amides is 2. The highest BCUT2D eigenvalue weighted by atomic mass is 16.5. The number of imidazole rings is 1. The van der Waals surface area contributed by atoms with Crippen molar-refractivity contribution in [1.29, 1.82) is 0 Å². The summed E-state index contributed by atoms with van der Waals surface area (Å²) in [5.41, 5.74) is 4.28. The van der Waals surface area contributed by atoms with Gasteiger partial charge in [-0.25, -0.2) is 4.98 Å². The maximum Gasteiger partial charge on any atom is 0.255 e. The molecule has 5 rings (SSSR count). The lowest BCUT2D eigenvalue weighted by Crippen LogP contribution is -2.22. The first-order chi connectivity index (χ1) is 19.5. The van der Waals surface area contributed by atoms with E-state index in [1.807, 2.05) is 42.5 Å². The van der Waals surface area contributed by atoms with Gasteiger partial charge in [0.2, 0.25) is 11.7 Å². The van der Waals surface area contributed by atoms with E-state index in [1.54, 1.807) is 12.1 Å². The Bertz CT molecular complexity index is 1480. The molecule has 0 atom stereocenters. The lowest BCUT2D eigenvalue weighted by atomic mass is 9.99. The molecular formula is C31H34N4O5. The molecule has 0 saturated heterocycles. The van der Waals surface area contributed by atoms with Crippen LogP contribution in [0.5, 0.6) is 17.2 Å². The van der Waals surface area contributed by atoms with Crippen LogP contribution in [0.25, 0.3) is 22.4 Å². The SMILES string of the molecule is COc1cc(C(=O)Nc2ccc(-c3nc4ccc(NC(=O)C5CCCCCC5)cc4[nH]3)cc2)cc(OC)c1OC. The Morgan fingerprint density at radius 3 is 2.08 bits per heavy atom. The molecule has 1 aromatic heterocycles. The molecule has 9 heteroatoms. The number of hydrogen-bond donors (Lipinski definition) is 3. The molecule has 0 aliphatic heterocycles. The van der Waals surface area contributed by atoms with Gasteiger partial charge in [0, 0.05) is 28.4 Å². The number of benzene rings is 3. The number of carbonyl (C=O) groups excluding carboxylic acids is 2. The van der Waals surface area contributed by atoms with Crippen LogP contribution in [0.2, 0.25) is 0 Å². The lowest BCUT2D eigenvalue weighted by Gasteiger charge is -2.14.